The van der Waals surface area contributed by atoms with Gasteiger partial charge in [0, 0.05) is 38.1 Å². The number of aromatic nitrogens is 2. The molecule has 3 N–H and O–H groups in total. The molecule has 3 aliphatic heterocycles. The maximum Gasteiger partial charge on any atom is 0.216 e. The summed E-state index contributed by atoms with van der Waals surface area (Å²) in [6.07, 6.45) is 9.08. The van der Waals surface area contributed by atoms with Gasteiger partial charge in [0.25, 0.3) is 0 Å². The third-order valence-corrected chi connectivity index (χ3v) is 12.8. The van der Waals surface area contributed by atoms with Gasteiger partial charge < -0.3 is 9.64 Å². The molecule has 266 valence electrons. The van der Waals surface area contributed by atoms with Gasteiger partial charge in [-0.1, -0.05) is 59.2 Å². The zero-order valence-electron chi connectivity index (χ0n) is 30.3. The van der Waals surface area contributed by atoms with E-state index in [1.54, 1.807) is 0 Å². The molecule has 48 heavy (non-hydrogen) atoms. The number of rotatable bonds is 5. The van der Waals surface area contributed by atoms with Gasteiger partial charge in [-0.25, -0.2) is 18.4 Å². The molecule has 0 amide bonds. The lowest BCUT2D eigenvalue weighted by atomic mass is 9.85. The Morgan fingerprint density at radius 3 is 2.44 bits per heavy atom. The molecule has 4 fully saturated rings. The number of hydrogen-bond donors (Lipinski definition) is 3. The second-order valence-electron chi connectivity index (χ2n) is 17.0. The number of benzene rings is 1. The lowest BCUT2D eigenvalue weighted by Gasteiger charge is -2.40. The highest BCUT2D eigenvalue weighted by atomic mass is 32.2. The Bertz CT molecular complexity index is 1490. The van der Waals surface area contributed by atoms with Gasteiger partial charge in [0.15, 0.2) is 0 Å². The Labute approximate surface area is 289 Å². The highest BCUT2D eigenvalue weighted by molar-refractivity contribution is 7.90. The monoisotopic (exact) mass is 681 g/mol. The number of nitrogens with one attached hydrogen (secondary N) is 3. The summed E-state index contributed by atoms with van der Waals surface area (Å²) in [7, 11) is -3.59. The molecule has 6 atom stereocenters. The van der Waals surface area contributed by atoms with Gasteiger partial charge in [-0.05, 0) is 79.4 Å². The van der Waals surface area contributed by atoms with Gasteiger partial charge in [0.05, 0.1) is 36.5 Å². The molecule has 1 aromatic heterocycles. The molecule has 6 rings (SSSR count). The van der Waals surface area contributed by atoms with E-state index in [1.807, 2.05) is 12.4 Å². The van der Waals surface area contributed by atoms with E-state index in [0.29, 0.717) is 37.8 Å². The Morgan fingerprint density at radius 1 is 1.04 bits per heavy atom. The van der Waals surface area contributed by atoms with Gasteiger partial charge in [-0.15, -0.1) is 0 Å². The molecule has 11 heteroatoms. The summed E-state index contributed by atoms with van der Waals surface area (Å²) < 4.78 is 37.7. The molecule has 0 radical (unpaired) electrons. The molecule has 2 aromatic rings. The largest absolute Gasteiger partial charge is 0.368 e. The molecule has 4 aliphatic rings. The first kappa shape index (κ1) is 35.7. The van der Waals surface area contributed by atoms with Crippen molar-refractivity contribution >= 4 is 15.7 Å². The molecule has 0 spiro atoms. The van der Waals surface area contributed by atoms with Crippen molar-refractivity contribution in [2.45, 2.75) is 130 Å². The number of aryl methyl sites for hydroxylation is 2. The van der Waals surface area contributed by atoms with E-state index in [9.17, 15) is 8.42 Å². The van der Waals surface area contributed by atoms with E-state index in [1.165, 1.54) is 23.1 Å². The molecule has 3 saturated heterocycles. The van der Waals surface area contributed by atoms with Crippen LogP contribution < -0.4 is 20.3 Å². The van der Waals surface area contributed by atoms with Crippen molar-refractivity contribution in [3.8, 4) is 0 Å². The molecule has 1 saturated carbocycles. The minimum Gasteiger partial charge on any atom is -0.368 e. The first-order valence-corrected chi connectivity index (χ1v) is 19.7. The number of hydrogen-bond acceptors (Lipinski definition) is 9. The Morgan fingerprint density at radius 2 is 1.77 bits per heavy atom. The van der Waals surface area contributed by atoms with E-state index >= 15 is 0 Å². The van der Waals surface area contributed by atoms with Crippen molar-refractivity contribution in [1.82, 2.24) is 30.2 Å². The molecule has 4 bridgehead atoms. The fourth-order valence-electron chi connectivity index (χ4n) is 8.51. The quantitative estimate of drug-likeness (QED) is 0.383. The van der Waals surface area contributed by atoms with Crippen LogP contribution in [0.2, 0.25) is 0 Å². The third-order valence-electron chi connectivity index (χ3n) is 10.9. The van der Waals surface area contributed by atoms with Crippen molar-refractivity contribution in [1.29, 1.82) is 0 Å². The van der Waals surface area contributed by atoms with Crippen LogP contribution in [0.5, 0.6) is 0 Å². The maximum atomic E-state index is 13.9. The van der Waals surface area contributed by atoms with Crippen LogP contribution in [-0.4, -0.2) is 73.3 Å². The minimum absolute atomic E-state index is 0.0559. The molecule has 4 heterocycles. The second-order valence-corrected chi connectivity index (χ2v) is 19.0. The molecular weight excluding hydrogens is 623 g/mol. The first-order chi connectivity index (χ1) is 22.6. The molecule has 1 aromatic carbocycles. The standard InChI is InChI=1S/C37H59N7O3S/c1-25-10-8-11-26(2)34(25)31-17-33-41-35(40-31)42-48(45,46)30-13-9-12-27(16-30)21-44(28(23-47-33)18-36(3,4)5)22-32-38-19-29(20-39-32)43-15-14-37(6,7)24-43/h8,10-11,19-20,27-28,30-31,33,35,40-42H,9,12-18,21-24H2,1-7H3/t27?,28-,30?,31?,33?,35?/m1/s1. The molecule has 5 unspecified atom stereocenters. The number of fused-ring (bicyclic) bond motifs is 4. The average Bonchev–Trinajstić information content (AvgIpc) is 3.37. The minimum atomic E-state index is -3.59. The normalized spacial score (nSPS) is 31.4. The van der Waals surface area contributed by atoms with Crippen molar-refractivity contribution in [2.75, 3.05) is 31.1 Å². The number of anilines is 1. The lowest BCUT2D eigenvalue weighted by Crippen LogP contribution is -2.64. The van der Waals surface area contributed by atoms with Crippen LogP contribution in [0, 0.1) is 30.6 Å². The summed E-state index contributed by atoms with van der Waals surface area (Å²) in [5.41, 5.74) is 5.06. The fourth-order valence-corrected chi connectivity index (χ4v) is 10.2. The third kappa shape index (κ3) is 8.76. The van der Waals surface area contributed by atoms with Gasteiger partial charge in [0.2, 0.25) is 10.0 Å². The van der Waals surface area contributed by atoms with E-state index in [-0.39, 0.29) is 29.6 Å². The van der Waals surface area contributed by atoms with Crippen LogP contribution in [0.25, 0.3) is 0 Å². The zero-order valence-corrected chi connectivity index (χ0v) is 31.1. The maximum absolute atomic E-state index is 13.9. The zero-order chi connectivity index (χ0) is 34.3. The summed E-state index contributed by atoms with van der Waals surface area (Å²) in [4.78, 5) is 14.7. The van der Waals surface area contributed by atoms with Crippen molar-refractivity contribution < 1.29 is 13.2 Å². The van der Waals surface area contributed by atoms with E-state index in [0.717, 1.165) is 50.4 Å². The first-order valence-electron chi connectivity index (χ1n) is 18.1. The SMILES string of the molecule is Cc1cccc(C)c1C1CC2NC(N1)NS(=O)(=O)C1CCCC(C1)CN(Cc1ncc(N3CCC(C)(C)C3)cn1)[C@H](CC(C)(C)C)CO2. The number of ether oxygens (including phenoxy) is 1. The van der Waals surface area contributed by atoms with E-state index in [4.69, 9.17) is 14.7 Å². The smallest absolute Gasteiger partial charge is 0.216 e. The summed E-state index contributed by atoms with van der Waals surface area (Å²) in [6, 6.07) is 6.40. The van der Waals surface area contributed by atoms with Crippen LogP contribution in [0.3, 0.4) is 0 Å². The summed E-state index contributed by atoms with van der Waals surface area (Å²) in [6.45, 7) is 19.7. The molecule has 10 nitrogen and oxygen atoms in total. The van der Waals surface area contributed by atoms with Crippen molar-refractivity contribution in [3.63, 3.8) is 0 Å². The predicted molar refractivity (Wildman–Crippen MR) is 192 cm³/mol. The van der Waals surface area contributed by atoms with E-state index in [2.05, 4.69) is 91.8 Å². The van der Waals surface area contributed by atoms with Gasteiger partial charge in [-0.2, -0.15) is 4.72 Å². The van der Waals surface area contributed by atoms with Crippen LogP contribution in [-0.2, 0) is 21.3 Å². The summed E-state index contributed by atoms with van der Waals surface area (Å²) >= 11 is 0. The summed E-state index contributed by atoms with van der Waals surface area (Å²) in [5.74, 6) is 1.06. The van der Waals surface area contributed by atoms with Crippen LogP contribution in [0.4, 0.5) is 5.69 Å². The van der Waals surface area contributed by atoms with Crippen LogP contribution in [0.15, 0.2) is 30.6 Å². The Kier molecular flexibility index (Phi) is 10.6. The van der Waals surface area contributed by atoms with Gasteiger partial charge in [0.1, 0.15) is 18.3 Å². The second kappa shape index (κ2) is 14.2. The lowest BCUT2D eigenvalue weighted by molar-refractivity contribution is -0.0518. The van der Waals surface area contributed by atoms with Crippen LogP contribution >= 0.6 is 0 Å². The number of nitrogens with zero attached hydrogens (tertiary/aromatic N) is 4. The average molecular weight is 682 g/mol. The Balaban J connectivity index is 1.30. The number of sulfonamides is 1. The van der Waals surface area contributed by atoms with Gasteiger partial charge in [-0.3, -0.25) is 15.5 Å². The van der Waals surface area contributed by atoms with Crippen LogP contribution in [0.1, 0.15) is 108 Å². The molecular formula is C37H59N7O3S. The highest BCUT2D eigenvalue weighted by Gasteiger charge is 2.39. The van der Waals surface area contributed by atoms with Crippen molar-refractivity contribution in [2.24, 2.45) is 16.7 Å². The topological polar surface area (TPSA) is 112 Å². The Hall–Kier alpha value is -2.15. The summed E-state index contributed by atoms with van der Waals surface area (Å²) in [5, 5.41) is 6.64. The predicted octanol–water partition coefficient (Wildman–Crippen LogP) is 5.38. The fraction of sp³-hybridized carbons (Fsp3) is 0.730. The van der Waals surface area contributed by atoms with Crippen molar-refractivity contribution in [3.05, 3.63) is 53.1 Å². The van der Waals surface area contributed by atoms with E-state index < -0.39 is 21.6 Å². The molecule has 1 aliphatic carbocycles. The highest BCUT2D eigenvalue weighted by Crippen LogP contribution is 2.35. The van der Waals surface area contributed by atoms with Gasteiger partial charge >= 0.3 is 0 Å².